The number of nitrogens with one attached hydrogen (secondary N) is 1. The number of primary amides is 1. The molecular formula is C26H24FN5O3S. The zero-order valence-corrected chi connectivity index (χ0v) is 20.3. The van der Waals surface area contributed by atoms with Crippen molar-refractivity contribution in [3.63, 3.8) is 0 Å². The molecule has 3 N–H and O–H groups in total. The van der Waals surface area contributed by atoms with E-state index in [0.717, 1.165) is 5.56 Å². The zero-order valence-electron chi connectivity index (χ0n) is 19.5. The highest BCUT2D eigenvalue weighted by Gasteiger charge is 2.25. The molecule has 0 spiro atoms. The van der Waals surface area contributed by atoms with E-state index in [9.17, 15) is 17.6 Å². The van der Waals surface area contributed by atoms with Crippen LogP contribution >= 0.6 is 0 Å². The number of nitrogens with zero attached hydrogens (tertiary/aromatic N) is 3. The van der Waals surface area contributed by atoms with Crippen molar-refractivity contribution < 1.29 is 17.6 Å². The molecule has 4 aromatic rings. The van der Waals surface area contributed by atoms with Crippen molar-refractivity contribution in [2.24, 2.45) is 12.8 Å². The highest BCUT2D eigenvalue weighted by Crippen LogP contribution is 2.27. The molecule has 0 radical (unpaired) electrons. The summed E-state index contributed by atoms with van der Waals surface area (Å²) in [4.78, 5) is 12.3. The predicted molar refractivity (Wildman–Crippen MR) is 132 cm³/mol. The number of aromatic amines is 1. The van der Waals surface area contributed by atoms with Crippen molar-refractivity contribution in [3.8, 4) is 11.8 Å². The largest absolute Gasteiger partial charge is 0.366 e. The van der Waals surface area contributed by atoms with Gasteiger partial charge in [-0.15, -0.1) is 0 Å². The molecule has 2 aromatic heterocycles. The molecule has 0 aliphatic heterocycles. The van der Waals surface area contributed by atoms with E-state index in [1.807, 2.05) is 0 Å². The quantitative estimate of drug-likeness (QED) is 0.357. The van der Waals surface area contributed by atoms with Crippen LogP contribution in [-0.4, -0.2) is 34.3 Å². The van der Waals surface area contributed by atoms with E-state index in [1.54, 1.807) is 31.7 Å². The molecule has 0 atom stereocenters. The number of halogens is 1. The second-order valence-electron chi connectivity index (χ2n) is 8.29. The van der Waals surface area contributed by atoms with Crippen molar-refractivity contribution in [2.45, 2.75) is 29.9 Å². The summed E-state index contributed by atoms with van der Waals surface area (Å²) in [6.45, 7) is 0. The number of carbonyl (C=O) groups excluding carboxylic acids is 1. The Kier molecular flexibility index (Phi) is 7.31. The van der Waals surface area contributed by atoms with Gasteiger partial charge in [-0.2, -0.15) is 10.2 Å². The van der Waals surface area contributed by atoms with Gasteiger partial charge in [0.1, 0.15) is 5.82 Å². The summed E-state index contributed by atoms with van der Waals surface area (Å²) in [5.41, 5.74) is 8.39. The molecule has 0 bridgehead atoms. The van der Waals surface area contributed by atoms with E-state index in [0.29, 0.717) is 36.1 Å². The number of aryl methyl sites for hydroxylation is 2. The molecule has 0 aliphatic rings. The fourth-order valence-corrected chi connectivity index (χ4v) is 5.34. The van der Waals surface area contributed by atoms with Crippen molar-refractivity contribution >= 4 is 15.7 Å². The van der Waals surface area contributed by atoms with E-state index in [4.69, 9.17) is 5.73 Å². The average Bonchev–Trinajstić information content (AvgIpc) is 3.50. The minimum absolute atomic E-state index is 0.00826. The lowest BCUT2D eigenvalue weighted by Gasteiger charge is -2.14. The Balaban J connectivity index is 1.81. The Hall–Kier alpha value is -4.23. The van der Waals surface area contributed by atoms with Crippen LogP contribution in [0.1, 0.15) is 44.7 Å². The van der Waals surface area contributed by atoms with Crippen LogP contribution in [0, 0.1) is 17.7 Å². The molecule has 2 heterocycles. The van der Waals surface area contributed by atoms with Crippen molar-refractivity contribution in [1.82, 2.24) is 20.0 Å². The van der Waals surface area contributed by atoms with Gasteiger partial charge in [-0.05, 0) is 72.9 Å². The maximum Gasteiger partial charge on any atom is 0.249 e. The average molecular weight is 506 g/mol. The normalized spacial score (nSPS) is 11.2. The number of benzene rings is 2. The van der Waals surface area contributed by atoms with Gasteiger partial charge in [0, 0.05) is 36.1 Å². The summed E-state index contributed by atoms with van der Waals surface area (Å²) in [5.74, 6) is 4.45. The minimum Gasteiger partial charge on any atom is -0.366 e. The molecule has 184 valence electrons. The van der Waals surface area contributed by atoms with Crippen molar-refractivity contribution in [2.75, 3.05) is 0 Å². The Morgan fingerprint density at radius 1 is 1.11 bits per heavy atom. The standard InChI is InChI=1S/C26H24FN5O3S/c1-32-14-13-21(31-32)17-36(34,35)25-12-11-24(26(28)33)22(4-2-3-19-15-29-30-16-19)23(25)10-7-18-5-8-20(27)9-6-18/h5-6,8-9,11-16H,2-4,17H2,1H3,(H2,28,33)(H,29,30). The van der Waals surface area contributed by atoms with Crippen LogP contribution in [0.25, 0.3) is 0 Å². The lowest BCUT2D eigenvalue weighted by atomic mass is 9.95. The number of nitrogens with two attached hydrogens (primary N) is 1. The number of aromatic nitrogens is 4. The molecule has 2 aromatic carbocycles. The van der Waals surface area contributed by atoms with Crippen LogP contribution in [-0.2, 0) is 35.5 Å². The lowest BCUT2D eigenvalue weighted by Crippen LogP contribution is -2.17. The summed E-state index contributed by atoms with van der Waals surface area (Å²) in [5, 5.41) is 10.9. The molecule has 0 saturated heterocycles. The number of H-pyrrole nitrogens is 1. The third-order valence-corrected chi connectivity index (χ3v) is 7.29. The van der Waals surface area contributed by atoms with Gasteiger partial charge in [-0.3, -0.25) is 14.6 Å². The highest BCUT2D eigenvalue weighted by atomic mass is 32.2. The maximum atomic E-state index is 13.5. The number of amides is 1. The maximum absolute atomic E-state index is 13.5. The summed E-state index contributed by atoms with van der Waals surface area (Å²) in [6.07, 6.45) is 6.77. The monoisotopic (exact) mass is 505 g/mol. The van der Waals surface area contributed by atoms with Crippen LogP contribution in [0.15, 0.2) is 66.0 Å². The first-order valence-electron chi connectivity index (χ1n) is 11.1. The van der Waals surface area contributed by atoms with Gasteiger partial charge in [-0.25, -0.2) is 12.8 Å². The smallest absolute Gasteiger partial charge is 0.249 e. The van der Waals surface area contributed by atoms with Gasteiger partial charge >= 0.3 is 0 Å². The first-order chi connectivity index (χ1) is 17.2. The fraction of sp³-hybridized carbons (Fsp3) is 0.192. The Labute approximate surface area is 208 Å². The van der Waals surface area contributed by atoms with E-state index < -0.39 is 21.6 Å². The zero-order chi connectivity index (χ0) is 25.7. The summed E-state index contributed by atoms with van der Waals surface area (Å²) in [6, 6.07) is 9.98. The van der Waals surface area contributed by atoms with Gasteiger partial charge in [-0.1, -0.05) is 11.8 Å². The van der Waals surface area contributed by atoms with E-state index >= 15 is 0 Å². The molecule has 0 fully saturated rings. The summed E-state index contributed by atoms with van der Waals surface area (Å²) < 4.78 is 41.8. The first kappa shape index (κ1) is 24.9. The molecular weight excluding hydrogens is 481 g/mol. The van der Waals surface area contributed by atoms with Crippen LogP contribution in [0.5, 0.6) is 0 Å². The molecule has 36 heavy (non-hydrogen) atoms. The van der Waals surface area contributed by atoms with Crippen LogP contribution in [0.2, 0.25) is 0 Å². The number of carbonyl (C=O) groups is 1. The highest BCUT2D eigenvalue weighted by molar-refractivity contribution is 7.90. The van der Waals surface area contributed by atoms with Gasteiger partial charge < -0.3 is 5.73 Å². The second-order valence-corrected chi connectivity index (χ2v) is 10.2. The first-order valence-corrected chi connectivity index (χ1v) is 12.8. The molecule has 1 amide bonds. The third-order valence-electron chi connectivity index (χ3n) is 5.61. The molecule has 0 saturated carbocycles. The Bertz CT molecular complexity index is 1550. The van der Waals surface area contributed by atoms with Gasteiger partial charge in [0.25, 0.3) is 0 Å². The molecule has 0 unspecified atom stereocenters. The second kappa shape index (κ2) is 10.6. The number of sulfone groups is 1. The summed E-state index contributed by atoms with van der Waals surface area (Å²) in [7, 11) is -2.18. The topological polar surface area (TPSA) is 124 Å². The van der Waals surface area contributed by atoms with Crippen LogP contribution in [0.4, 0.5) is 4.39 Å². The fourth-order valence-electron chi connectivity index (χ4n) is 3.88. The van der Waals surface area contributed by atoms with Crippen molar-refractivity contribution in [3.05, 3.63) is 100 Å². The van der Waals surface area contributed by atoms with E-state index in [1.165, 1.54) is 41.1 Å². The molecule has 0 aliphatic carbocycles. The molecule has 8 nitrogen and oxygen atoms in total. The number of hydrogen-bond donors (Lipinski definition) is 2. The van der Waals surface area contributed by atoms with Gasteiger partial charge in [0.15, 0.2) is 9.84 Å². The minimum atomic E-state index is -3.88. The molecule has 10 heteroatoms. The van der Waals surface area contributed by atoms with Gasteiger partial charge in [0.2, 0.25) is 5.91 Å². The van der Waals surface area contributed by atoms with Crippen LogP contribution in [0.3, 0.4) is 0 Å². The van der Waals surface area contributed by atoms with E-state index in [2.05, 4.69) is 27.1 Å². The Morgan fingerprint density at radius 2 is 1.89 bits per heavy atom. The SMILES string of the molecule is Cn1ccc(CS(=O)(=O)c2ccc(C(N)=O)c(CCCc3cn[nH]c3)c2C#Cc2ccc(F)cc2)n1. The number of hydrogen-bond acceptors (Lipinski definition) is 5. The van der Waals surface area contributed by atoms with Crippen LogP contribution < -0.4 is 5.73 Å². The summed E-state index contributed by atoms with van der Waals surface area (Å²) >= 11 is 0. The van der Waals surface area contributed by atoms with E-state index in [-0.39, 0.29) is 21.8 Å². The van der Waals surface area contributed by atoms with Crippen molar-refractivity contribution in [1.29, 1.82) is 0 Å². The third kappa shape index (κ3) is 5.87. The lowest BCUT2D eigenvalue weighted by molar-refractivity contribution is 0.0999. The van der Waals surface area contributed by atoms with Gasteiger partial charge in [0.05, 0.1) is 22.5 Å². The number of rotatable bonds is 8. The predicted octanol–water partition coefficient (Wildman–Crippen LogP) is 2.93. The Morgan fingerprint density at radius 3 is 2.53 bits per heavy atom. The molecule has 4 rings (SSSR count).